The number of carbonyl (C=O) groups is 1. The highest BCUT2D eigenvalue weighted by atomic mass is 16.5. The smallest absolute Gasteiger partial charge is 0.179 e. The SMILES string of the molecule is CCC(=O)c1cc(-c2cc(OC)c(Cn3ccnc3)c(OC)c2)c2ccccn12. The first-order valence-corrected chi connectivity index (χ1v) is 9.50. The molecular weight excluding hydrogens is 366 g/mol. The minimum atomic E-state index is 0.105. The number of ether oxygens (including phenoxy) is 2. The lowest BCUT2D eigenvalue weighted by Gasteiger charge is -2.16. The normalized spacial score (nSPS) is 11.0. The maximum absolute atomic E-state index is 12.5. The Morgan fingerprint density at radius 3 is 2.45 bits per heavy atom. The van der Waals surface area contributed by atoms with Crippen LogP contribution in [0.15, 0.2) is 61.3 Å². The Bertz CT molecular complexity index is 1130. The monoisotopic (exact) mass is 389 g/mol. The molecule has 1 aromatic carbocycles. The van der Waals surface area contributed by atoms with Gasteiger partial charge in [-0.1, -0.05) is 13.0 Å². The summed E-state index contributed by atoms with van der Waals surface area (Å²) in [5.74, 6) is 1.56. The Labute approximate surface area is 169 Å². The topological polar surface area (TPSA) is 57.8 Å². The number of rotatable bonds is 7. The second-order valence-corrected chi connectivity index (χ2v) is 6.77. The lowest BCUT2D eigenvalue weighted by atomic mass is 10.0. The van der Waals surface area contributed by atoms with Gasteiger partial charge in [-0.05, 0) is 35.9 Å². The van der Waals surface area contributed by atoms with Gasteiger partial charge in [0, 0.05) is 30.6 Å². The Hall–Kier alpha value is -3.54. The van der Waals surface area contributed by atoms with Crippen molar-refractivity contribution in [1.29, 1.82) is 0 Å². The fourth-order valence-corrected chi connectivity index (χ4v) is 3.64. The molecule has 0 saturated carbocycles. The number of hydrogen-bond acceptors (Lipinski definition) is 4. The van der Waals surface area contributed by atoms with Gasteiger partial charge >= 0.3 is 0 Å². The molecule has 3 heterocycles. The maximum Gasteiger partial charge on any atom is 0.179 e. The molecule has 6 nitrogen and oxygen atoms in total. The first-order chi connectivity index (χ1) is 14.2. The molecule has 0 spiro atoms. The predicted molar refractivity (Wildman–Crippen MR) is 112 cm³/mol. The average Bonchev–Trinajstić information content (AvgIpc) is 3.41. The van der Waals surface area contributed by atoms with Gasteiger partial charge in [0.1, 0.15) is 11.5 Å². The number of aromatic nitrogens is 3. The van der Waals surface area contributed by atoms with Crippen LogP contribution in [0.25, 0.3) is 16.6 Å². The van der Waals surface area contributed by atoms with Crippen LogP contribution in [-0.4, -0.2) is 34.0 Å². The van der Waals surface area contributed by atoms with E-state index in [-0.39, 0.29) is 5.78 Å². The molecule has 0 N–H and O–H groups in total. The van der Waals surface area contributed by atoms with E-state index in [1.165, 1.54) is 0 Å². The lowest BCUT2D eigenvalue weighted by molar-refractivity contribution is 0.0982. The summed E-state index contributed by atoms with van der Waals surface area (Å²) in [6.45, 7) is 2.46. The van der Waals surface area contributed by atoms with Crippen LogP contribution in [-0.2, 0) is 6.54 Å². The van der Waals surface area contributed by atoms with E-state index < -0.39 is 0 Å². The van der Waals surface area contributed by atoms with Crippen LogP contribution in [0, 0.1) is 0 Å². The standard InChI is InChI=1S/C23H23N3O3/c1-4-21(27)20-13-17(19-7-5-6-9-26(19)20)16-11-22(28-2)18(23(12-16)29-3)14-25-10-8-24-15-25/h5-13,15H,4,14H2,1-3H3. The number of methoxy groups -OCH3 is 2. The molecule has 0 fully saturated rings. The van der Waals surface area contributed by atoms with Crippen LogP contribution in [0.5, 0.6) is 11.5 Å². The molecule has 6 heteroatoms. The highest BCUT2D eigenvalue weighted by molar-refractivity contribution is 5.99. The number of hydrogen-bond donors (Lipinski definition) is 0. The van der Waals surface area contributed by atoms with E-state index in [1.807, 2.05) is 64.7 Å². The maximum atomic E-state index is 12.5. The third-order valence-corrected chi connectivity index (χ3v) is 5.10. The van der Waals surface area contributed by atoms with Gasteiger partial charge in [-0.15, -0.1) is 0 Å². The minimum Gasteiger partial charge on any atom is -0.496 e. The largest absolute Gasteiger partial charge is 0.496 e. The van der Waals surface area contributed by atoms with Crippen LogP contribution in [0.2, 0.25) is 0 Å². The van der Waals surface area contributed by atoms with Crippen molar-refractivity contribution in [2.24, 2.45) is 0 Å². The van der Waals surface area contributed by atoms with Gasteiger partial charge in [-0.2, -0.15) is 0 Å². The fourth-order valence-electron chi connectivity index (χ4n) is 3.64. The second kappa shape index (κ2) is 7.83. The van der Waals surface area contributed by atoms with E-state index in [9.17, 15) is 4.79 Å². The van der Waals surface area contributed by atoms with Crippen LogP contribution in [0.3, 0.4) is 0 Å². The summed E-state index contributed by atoms with van der Waals surface area (Å²) in [6.07, 6.45) is 7.78. The highest BCUT2D eigenvalue weighted by Crippen LogP contribution is 2.38. The van der Waals surface area contributed by atoms with Gasteiger partial charge in [-0.3, -0.25) is 4.79 Å². The van der Waals surface area contributed by atoms with Gasteiger partial charge < -0.3 is 18.4 Å². The zero-order valence-electron chi connectivity index (χ0n) is 16.8. The van der Waals surface area contributed by atoms with Gasteiger partial charge in [0.05, 0.1) is 43.9 Å². The molecular formula is C23H23N3O3. The molecule has 3 aromatic heterocycles. The first kappa shape index (κ1) is 18.8. The summed E-state index contributed by atoms with van der Waals surface area (Å²) in [5, 5.41) is 0. The zero-order valence-corrected chi connectivity index (χ0v) is 16.8. The Balaban J connectivity index is 1.89. The molecule has 0 aliphatic carbocycles. The van der Waals surface area contributed by atoms with Gasteiger partial charge in [0.15, 0.2) is 5.78 Å². The predicted octanol–water partition coefficient (Wildman–Crippen LogP) is 4.46. The van der Waals surface area contributed by atoms with E-state index in [1.54, 1.807) is 26.7 Å². The van der Waals surface area contributed by atoms with Gasteiger partial charge in [0.2, 0.25) is 0 Å². The highest BCUT2D eigenvalue weighted by Gasteiger charge is 2.19. The third kappa shape index (κ3) is 3.38. The summed E-state index contributed by atoms with van der Waals surface area (Å²) in [7, 11) is 3.31. The number of ketones is 1. The summed E-state index contributed by atoms with van der Waals surface area (Å²) in [4.78, 5) is 16.6. The van der Waals surface area contributed by atoms with E-state index in [0.29, 0.717) is 18.7 Å². The lowest BCUT2D eigenvalue weighted by Crippen LogP contribution is -2.03. The number of fused-ring (bicyclic) bond motifs is 1. The molecule has 148 valence electrons. The molecule has 0 unspecified atom stereocenters. The average molecular weight is 389 g/mol. The fraction of sp³-hybridized carbons (Fsp3) is 0.217. The van der Waals surface area contributed by atoms with E-state index in [0.717, 1.165) is 33.7 Å². The molecule has 29 heavy (non-hydrogen) atoms. The van der Waals surface area contributed by atoms with Crippen LogP contribution in [0.4, 0.5) is 0 Å². The van der Waals surface area contributed by atoms with Crippen molar-refractivity contribution in [2.45, 2.75) is 19.9 Å². The van der Waals surface area contributed by atoms with Crippen molar-refractivity contribution < 1.29 is 14.3 Å². The number of nitrogens with zero attached hydrogens (tertiary/aromatic N) is 3. The Morgan fingerprint density at radius 2 is 1.83 bits per heavy atom. The zero-order chi connectivity index (χ0) is 20.4. The summed E-state index contributed by atoms with van der Waals surface area (Å²) in [5.41, 5.74) is 4.49. The van der Waals surface area contributed by atoms with E-state index in [2.05, 4.69) is 4.98 Å². The molecule has 0 radical (unpaired) electrons. The van der Waals surface area contributed by atoms with Crippen LogP contribution >= 0.6 is 0 Å². The first-order valence-electron chi connectivity index (χ1n) is 9.50. The molecule has 0 amide bonds. The summed E-state index contributed by atoms with van der Waals surface area (Å²) in [6, 6.07) is 11.9. The molecule has 4 rings (SSSR count). The molecule has 0 saturated heterocycles. The number of carbonyl (C=O) groups excluding carboxylic acids is 1. The number of Topliss-reactive ketones (excluding diaryl/α,β-unsaturated/α-hetero) is 1. The van der Waals surface area contributed by atoms with E-state index in [4.69, 9.17) is 9.47 Å². The molecule has 0 aliphatic heterocycles. The number of pyridine rings is 1. The van der Waals surface area contributed by atoms with E-state index >= 15 is 0 Å². The molecule has 0 atom stereocenters. The number of imidazole rings is 1. The molecule has 0 bridgehead atoms. The van der Waals surface area contributed by atoms with Gasteiger partial charge in [-0.25, -0.2) is 4.98 Å². The van der Waals surface area contributed by atoms with Crippen molar-refractivity contribution in [3.05, 3.63) is 72.6 Å². The minimum absolute atomic E-state index is 0.105. The van der Waals surface area contributed by atoms with Crippen molar-refractivity contribution >= 4 is 11.3 Å². The van der Waals surface area contributed by atoms with Crippen molar-refractivity contribution in [3.63, 3.8) is 0 Å². The Kier molecular flexibility index (Phi) is 5.08. The van der Waals surface area contributed by atoms with Crippen molar-refractivity contribution in [1.82, 2.24) is 14.0 Å². The van der Waals surface area contributed by atoms with Crippen LogP contribution < -0.4 is 9.47 Å². The molecule has 4 aromatic rings. The van der Waals surface area contributed by atoms with Crippen molar-refractivity contribution in [3.8, 4) is 22.6 Å². The third-order valence-electron chi connectivity index (χ3n) is 5.10. The van der Waals surface area contributed by atoms with Crippen molar-refractivity contribution in [2.75, 3.05) is 14.2 Å². The summed E-state index contributed by atoms with van der Waals surface area (Å²) >= 11 is 0. The van der Waals surface area contributed by atoms with Crippen LogP contribution in [0.1, 0.15) is 29.4 Å². The van der Waals surface area contributed by atoms with Gasteiger partial charge in [0.25, 0.3) is 0 Å². The molecule has 0 aliphatic rings. The Morgan fingerprint density at radius 1 is 1.07 bits per heavy atom. The summed E-state index contributed by atoms with van der Waals surface area (Å²) < 4.78 is 15.3. The number of benzene rings is 1. The second-order valence-electron chi connectivity index (χ2n) is 6.77. The quantitative estimate of drug-likeness (QED) is 0.438.